The molecule has 1 aromatic rings. The van der Waals surface area contributed by atoms with Crippen molar-refractivity contribution in [2.75, 3.05) is 6.26 Å². The molecule has 25 heavy (non-hydrogen) atoms. The lowest BCUT2D eigenvalue weighted by Gasteiger charge is -2.22. The van der Waals surface area contributed by atoms with Gasteiger partial charge in [0.05, 0.1) is 12.7 Å². The SMILES string of the molecule is CC(=O)NC(CC(=O)OC(C)(C)C)Cc1ccc(OS(C)(=O)=O)cc1. The second-order valence-electron chi connectivity index (χ2n) is 6.82. The molecule has 0 fully saturated rings. The summed E-state index contributed by atoms with van der Waals surface area (Å²) in [5.74, 6) is -0.441. The average Bonchev–Trinajstić information content (AvgIpc) is 2.36. The van der Waals surface area contributed by atoms with Gasteiger partial charge in [-0.1, -0.05) is 12.1 Å². The van der Waals surface area contributed by atoms with E-state index in [9.17, 15) is 18.0 Å². The zero-order valence-corrected chi connectivity index (χ0v) is 16.0. The van der Waals surface area contributed by atoms with E-state index in [0.717, 1.165) is 11.8 Å². The zero-order chi connectivity index (χ0) is 19.3. The number of nitrogens with one attached hydrogen (secondary N) is 1. The summed E-state index contributed by atoms with van der Waals surface area (Å²) in [6, 6.07) is 5.99. The second kappa shape index (κ2) is 8.33. The van der Waals surface area contributed by atoms with Gasteiger partial charge in [-0.25, -0.2) is 0 Å². The summed E-state index contributed by atoms with van der Waals surface area (Å²) in [6.45, 7) is 6.71. The first kappa shape index (κ1) is 21.0. The molecule has 0 aliphatic carbocycles. The number of amides is 1. The van der Waals surface area contributed by atoms with Crippen molar-refractivity contribution >= 4 is 22.0 Å². The van der Waals surface area contributed by atoms with Gasteiger partial charge in [0.25, 0.3) is 0 Å². The van der Waals surface area contributed by atoms with Crippen LogP contribution in [0.1, 0.15) is 39.7 Å². The molecule has 0 saturated heterocycles. The highest BCUT2D eigenvalue weighted by atomic mass is 32.2. The molecule has 0 bridgehead atoms. The fourth-order valence-corrected chi connectivity index (χ4v) is 2.65. The Morgan fingerprint density at radius 3 is 2.16 bits per heavy atom. The maximum Gasteiger partial charge on any atom is 0.308 e. The molecule has 0 spiro atoms. The fraction of sp³-hybridized carbons (Fsp3) is 0.529. The lowest BCUT2D eigenvalue weighted by molar-refractivity contribution is -0.155. The quantitative estimate of drug-likeness (QED) is 0.580. The Kier molecular flexibility index (Phi) is 6.98. The van der Waals surface area contributed by atoms with Gasteiger partial charge in [0, 0.05) is 13.0 Å². The molecular formula is C17H25NO6S. The van der Waals surface area contributed by atoms with Crippen LogP contribution in [0.3, 0.4) is 0 Å². The molecule has 1 aromatic carbocycles. The highest BCUT2D eigenvalue weighted by Gasteiger charge is 2.21. The summed E-state index contributed by atoms with van der Waals surface area (Å²) >= 11 is 0. The van der Waals surface area contributed by atoms with Gasteiger partial charge >= 0.3 is 16.1 Å². The summed E-state index contributed by atoms with van der Waals surface area (Å²) in [4.78, 5) is 23.4. The first-order valence-corrected chi connectivity index (χ1v) is 9.63. The predicted octanol–water partition coefficient (Wildman–Crippen LogP) is 1.80. The Balaban J connectivity index is 2.77. The standard InChI is InChI=1S/C17H25NO6S/c1-12(19)18-14(11-16(20)23-17(2,3)4)10-13-6-8-15(9-7-13)24-25(5,21)22/h6-9,14H,10-11H2,1-5H3,(H,18,19). The van der Waals surface area contributed by atoms with Crippen LogP contribution in [0.25, 0.3) is 0 Å². The van der Waals surface area contributed by atoms with Crippen LogP contribution in [0.5, 0.6) is 5.75 Å². The van der Waals surface area contributed by atoms with Gasteiger partial charge in [0.15, 0.2) is 0 Å². The lowest BCUT2D eigenvalue weighted by atomic mass is 10.0. The number of benzene rings is 1. The van der Waals surface area contributed by atoms with E-state index in [1.807, 2.05) is 0 Å². The van der Waals surface area contributed by atoms with Crippen molar-refractivity contribution < 1.29 is 26.9 Å². The van der Waals surface area contributed by atoms with Gasteiger partial charge in [-0.3, -0.25) is 9.59 Å². The van der Waals surface area contributed by atoms with E-state index in [4.69, 9.17) is 8.92 Å². The van der Waals surface area contributed by atoms with E-state index in [1.165, 1.54) is 19.1 Å². The monoisotopic (exact) mass is 371 g/mol. The Morgan fingerprint density at radius 2 is 1.72 bits per heavy atom. The highest BCUT2D eigenvalue weighted by Crippen LogP contribution is 2.16. The van der Waals surface area contributed by atoms with Crippen molar-refractivity contribution in [1.82, 2.24) is 5.32 Å². The van der Waals surface area contributed by atoms with Crippen molar-refractivity contribution in [3.63, 3.8) is 0 Å². The van der Waals surface area contributed by atoms with Crippen molar-refractivity contribution in [3.8, 4) is 5.75 Å². The third-order valence-electron chi connectivity index (χ3n) is 2.89. The molecule has 0 heterocycles. The smallest absolute Gasteiger partial charge is 0.308 e. The molecule has 0 radical (unpaired) electrons. The predicted molar refractivity (Wildman–Crippen MR) is 93.7 cm³/mol. The van der Waals surface area contributed by atoms with Crippen LogP contribution in [-0.2, 0) is 30.9 Å². The van der Waals surface area contributed by atoms with Crippen molar-refractivity contribution in [3.05, 3.63) is 29.8 Å². The number of hydrogen-bond acceptors (Lipinski definition) is 6. The first-order valence-electron chi connectivity index (χ1n) is 7.81. The Labute approximate surface area is 148 Å². The molecule has 1 N–H and O–H groups in total. The maximum absolute atomic E-state index is 12.0. The molecule has 0 aliphatic rings. The van der Waals surface area contributed by atoms with Gasteiger partial charge in [-0.05, 0) is 44.9 Å². The van der Waals surface area contributed by atoms with Crippen molar-refractivity contribution in [1.29, 1.82) is 0 Å². The van der Waals surface area contributed by atoms with Crippen molar-refractivity contribution in [2.24, 2.45) is 0 Å². The molecular weight excluding hydrogens is 346 g/mol. The van der Waals surface area contributed by atoms with E-state index < -0.39 is 27.7 Å². The van der Waals surface area contributed by atoms with Gasteiger partial charge in [0.2, 0.25) is 5.91 Å². The van der Waals surface area contributed by atoms with Crippen molar-refractivity contribution in [2.45, 2.75) is 52.2 Å². The van der Waals surface area contributed by atoms with E-state index >= 15 is 0 Å². The average molecular weight is 371 g/mol. The van der Waals surface area contributed by atoms with E-state index in [2.05, 4.69) is 5.32 Å². The molecule has 1 unspecified atom stereocenters. The summed E-state index contributed by atoms with van der Waals surface area (Å²) in [6.07, 6.45) is 1.41. The summed E-state index contributed by atoms with van der Waals surface area (Å²) in [5, 5.41) is 2.73. The van der Waals surface area contributed by atoms with Crippen LogP contribution in [0.2, 0.25) is 0 Å². The number of hydrogen-bond donors (Lipinski definition) is 1. The largest absolute Gasteiger partial charge is 0.460 e. The summed E-state index contributed by atoms with van der Waals surface area (Å²) in [5.41, 5.74) is 0.228. The highest BCUT2D eigenvalue weighted by molar-refractivity contribution is 7.86. The molecule has 8 heteroatoms. The lowest BCUT2D eigenvalue weighted by Crippen LogP contribution is -2.38. The molecule has 7 nitrogen and oxygen atoms in total. The molecule has 1 rings (SSSR count). The van der Waals surface area contributed by atoms with Crippen LogP contribution in [-0.4, -0.2) is 38.2 Å². The number of esters is 1. The molecule has 0 aromatic heterocycles. The van der Waals surface area contributed by atoms with E-state index in [0.29, 0.717) is 6.42 Å². The second-order valence-corrected chi connectivity index (χ2v) is 8.40. The molecule has 140 valence electrons. The third kappa shape index (κ3) is 9.71. The number of carbonyl (C=O) groups is 2. The Hall–Kier alpha value is -2.09. The summed E-state index contributed by atoms with van der Waals surface area (Å²) in [7, 11) is -3.58. The minimum absolute atomic E-state index is 0.0401. The normalized spacial score (nSPS) is 13.0. The van der Waals surface area contributed by atoms with Crippen LogP contribution in [0.4, 0.5) is 0 Å². The van der Waals surface area contributed by atoms with E-state index in [1.54, 1.807) is 32.9 Å². The number of carbonyl (C=O) groups excluding carboxylic acids is 2. The topological polar surface area (TPSA) is 98.8 Å². The van der Waals surface area contributed by atoms with Crippen LogP contribution in [0.15, 0.2) is 24.3 Å². The van der Waals surface area contributed by atoms with Gasteiger partial charge in [0.1, 0.15) is 11.4 Å². The number of ether oxygens (including phenoxy) is 1. The Bertz CT molecular complexity index is 704. The molecule has 0 saturated carbocycles. The van der Waals surface area contributed by atoms with Gasteiger partial charge in [-0.2, -0.15) is 8.42 Å². The first-order chi connectivity index (χ1) is 11.3. The van der Waals surface area contributed by atoms with Crippen LogP contribution < -0.4 is 9.50 Å². The molecule has 1 amide bonds. The summed E-state index contributed by atoms with van der Waals surface area (Å²) < 4.78 is 32.3. The Morgan fingerprint density at radius 1 is 1.16 bits per heavy atom. The minimum atomic E-state index is -3.58. The minimum Gasteiger partial charge on any atom is -0.460 e. The van der Waals surface area contributed by atoms with Gasteiger partial charge < -0.3 is 14.2 Å². The van der Waals surface area contributed by atoms with Crippen LogP contribution in [0, 0.1) is 0 Å². The fourth-order valence-electron chi connectivity index (χ4n) is 2.19. The third-order valence-corrected chi connectivity index (χ3v) is 3.39. The number of rotatable bonds is 7. The molecule has 0 aliphatic heterocycles. The van der Waals surface area contributed by atoms with Crippen LogP contribution >= 0.6 is 0 Å². The van der Waals surface area contributed by atoms with Gasteiger partial charge in [-0.15, -0.1) is 0 Å². The maximum atomic E-state index is 12.0. The van der Waals surface area contributed by atoms with E-state index in [-0.39, 0.29) is 18.1 Å². The molecule has 1 atom stereocenters. The zero-order valence-electron chi connectivity index (χ0n) is 15.2.